The average molecular weight is 255 g/mol. The van der Waals surface area contributed by atoms with Crippen molar-refractivity contribution >= 4 is 17.8 Å². The van der Waals surface area contributed by atoms with Gasteiger partial charge >= 0.3 is 0 Å². The fourth-order valence-corrected chi connectivity index (χ4v) is 2.06. The number of hydrogen-bond acceptors (Lipinski definition) is 4. The first kappa shape index (κ1) is 11.5. The van der Waals surface area contributed by atoms with Crippen LogP contribution in [0.4, 0.5) is 0 Å². The number of aliphatic imine (C=N–C) groups is 1. The van der Waals surface area contributed by atoms with Crippen LogP contribution in [0.5, 0.6) is 0 Å². The summed E-state index contributed by atoms with van der Waals surface area (Å²) in [5.41, 5.74) is 5.83. The molecule has 1 amide bonds. The third kappa shape index (κ3) is 1.99. The third-order valence-corrected chi connectivity index (χ3v) is 2.97. The minimum atomic E-state index is -0.253. The minimum Gasteiger partial charge on any atom is -0.384 e. The number of carbonyl (C=O) groups is 1. The predicted octanol–water partition coefficient (Wildman–Crippen LogP) is 1.71. The molecular weight excluding hydrogens is 242 g/mol. The smallest absolute Gasteiger partial charge is 0.266 e. The first-order valence-electron chi connectivity index (χ1n) is 6.10. The van der Waals surface area contributed by atoms with Gasteiger partial charge in [-0.2, -0.15) is 0 Å². The van der Waals surface area contributed by atoms with E-state index in [1.807, 2.05) is 37.3 Å². The van der Waals surface area contributed by atoms with E-state index in [1.54, 1.807) is 0 Å². The van der Waals surface area contributed by atoms with Crippen LogP contribution in [0.15, 0.2) is 52.5 Å². The maximum Gasteiger partial charge on any atom is 0.266 e. The molecule has 5 heteroatoms. The summed E-state index contributed by atoms with van der Waals surface area (Å²) in [6.45, 7) is 1.97. The number of hydroxylamine groups is 1. The van der Waals surface area contributed by atoms with E-state index < -0.39 is 0 Å². The lowest BCUT2D eigenvalue weighted by Gasteiger charge is -2.06. The molecule has 3 rings (SSSR count). The normalized spacial score (nSPS) is 17.6. The van der Waals surface area contributed by atoms with Crippen LogP contribution in [-0.2, 0) is 9.63 Å². The second kappa shape index (κ2) is 4.61. The number of hydrogen-bond donors (Lipinski definition) is 2. The molecule has 1 aromatic rings. The number of fused-ring (bicyclic) bond motifs is 1. The molecule has 96 valence electrons. The number of nitrogens with zero attached hydrogens (tertiary/aromatic N) is 1. The Labute approximate surface area is 110 Å². The van der Waals surface area contributed by atoms with Gasteiger partial charge in [0.25, 0.3) is 5.91 Å². The summed E-state index contributed by atoms with van der Waals surface area (Å²) in [5, 5.41) is 2.79. The van der Waals surface area contributed by atoms with Gasteiger partial charge in [-0.25, -0.2) is 10.5 Å². The van der Waals surface area contributed by atoms with Gasteiger partial charge in [-0.3, -0.25) is 4.79 Å². The highest BCUT2D eigenvalue weighted by Crippen LogP contribution is 2.30. The summed E-state index contributed by atoms with van der Waals surface area (Å²) in [4.78, 5) is 21.3. The summed E-state index contributed by atoms with van der Waals surface area (Å²) in [7, 11) is 0. The predicted molar refractivity (Wildman–Crippen MR) is 71.5 cm³/mol. The molecule has 2 aliphatic rings. The molecule has 0 fully saturated rings. The summed E-state index contributed by atoms with van der Waals surface area (Å²) < 4.78 is 0. The molecule has 0 aliphatic carbocycles. The molecule has 2 aliphatic heterocycles. The van der Waals surface area contributed by atoms with E-state index in [-0.39, 0.29) is 5.91 Å². The molecule has 0 unspecified atom stereocenters. The Bertz CT molecular complexity index is 615. The van der Waals surface area contributed by atoms with Gasteiger partial charge in [-0.15, -0.1) is 0 Å². The summed E-state index contributed by atoms with van der Waals surface area (Å²) in [6, 6.07) is 9.68. The molecule has 0 aromatic heterocycles. The monoisotopic (exact) mass is 255 g/mol. The number of allylic oxidation sites excluding steroid dienone is 1. The van der Waals surface area contributed by atoms with Gasteiger partial charge in [-0.05, 0) is 0 Å². The number of carbonyl (C=O) groups excluding carboxylic acids is 1. The zero-order valence-corrected chi connectivity index (χ0v) is 10.4. The summed E-state index contributed by atoms with van der Waals surface area (Å²) in [5.74, 6) is 0.457. The van der Waals surface area contributed by atoms with E-state index in [1.165, 1.54) is 6.21 Å². The highest BCUT2D eigenvalue weighted by atomic mass is 16.7. The Kier molecular flexibility index (Phi) is 2.79. The first-order chi connectivity index (χ1) is 9.29. The fourth-order valence-electron chi connectivity index (χ4n) is 2.06. The van der Waals surface area contributed by atoms with Crippen LogP contribution in [0.25, 0.3) is 5.70 Å². The Morgan fingerprint density at radius 3 is 2.74 bits per heavy atom. The molecule has 0 saturated heterocycles. The molecule has 0 bridgehead atoms. The summed E-state index contributed by atoms with van der Waals surface area (Å²) in [6.07, 6.45) is 1.98. The van der Waals surface area contributed by atoms with Crippen LogP contribution in [0, 0.1) is 0 Å². The van der Waals surface area contributed by atoms with Crippen LogP contribution >= 0.6 is 0 Å². The molecule has 19 heavy (non-hydrogen) atoms. The molecule has 0 radical (unpaired) electrons. The SMILES string of the molecule is CCC1=C2NC(=O)C=NC(c3ccccc3)=C2NO1. The van der Waals surface area contributed by atoms with Crippen molar-refractivity contribution in [3.63, 3.8) is 0 Å². The van der Waals surface area contributed by atoms with Crippen LogP contribution in [-0.4, -0.2) is 12.1 Å². The van der Waals surface area contributed by atoms with E-state index in [0.29, 0.717) is 29.3 Å². The van der Waals surface area contributed by atoms with E-state index >= 15 is 0 Å². The van der Waals surface area contributed by atoms with Crippen molar-refractivity contribution < 1.29 is 9.63 Å². The standard InChI is InChI=1S/C14H13N3O2/c1-2-10-13-14(17-19-10)12(15-8-11(18)16-13)9-6-4-3-5-7-9/h3-8,17H,2H2,1H3,(H,16,18). The largest absolute Gasteiger partial charge is 0.384 e. The molecule has 2 N–H and O–H groups in total. The van der Waals surface area contributed by atoms with E-state index in [0.717, 1.165) is 5.56 Å². The second-order valence-corrected chi connectivity index (χ2v) is 4.19. The number of benzene rings is 1. The Hall–Kier alpha value is -2.56. The van der Waals surface area contributed by atoms with Crippen molar-refractivity contribution in [3.8, 4) is 0 Å². The van der Waals surface area contributed by atoms with Crippen molar-refractivity contribution in [2.75, 3.05) is 0 Å². The maximum atomic E-state index is 11.7. The van der Waals surface area contributed by atoms with Gasteiger partial charge < -0.3 is 10.2 Å². The Morgan fingerprint density at radius 1 is 1.21 bits per heavy atom. The second-order valence-electron chi connectivity index (χ2n) is 4.19. The molecule has 0 saturated carbocycles. The van der Waals surface area contributed by atoms with Crippen LogP contribution in [0.1, 0.15) is 18.9 Å². The lowest BCUT2D eigenvalue weighted by atomic mass is 10.1. The van der Waals surface area contributed by atoms with Gasteiger partial charge in [0.1, 0.15) is 11.4 Å². The molecule has 0 spiro atoms. The average Bonchev–Trinajstić information content (AvgIpc) is 2.75. The Morgan fingerprint density at radius 2 is 2.00 bits per heavy atom. The molecular formula is C14H13N3O2. The van der Waals surface area contributed by atoms with Gasteiger partial charge in [0, 0.05) is 12.0 Å². The minimum absolute atomic E-state index is 0.253. The highest BCUT2D eigenvalue weighted by molar-refractivity contribution is 6.28. The van der Waals surface area contributed by atoms with Crippen LogP contribution in [0.3, 0.4) is 0 Å². The van der Waals surface area contributed by atoms with E-state index in [4.69, 9.17) is 4.84 Å². The van der Waals surface area contributed by atoms with E-state index in [2.05, 4.69) is 15.8 Å². The topological polar surface area (TPSA) is 62.7 Å². The van der Waals surface area contributed by atoms with Crippen molar-refractivity contribution in [1.29, 1.82) is 0 Å². The molecule has 5 nitrogen and oxygen atoms in total. The van der Waals surface area contributed by atoms with Gasteiger partial charge in [0.05, 0.1) is 11.9 Å². The zero-order chi connectivity index (χ0) is 13.2. The van der Waals surface area contributed by atoms with Gasteiger partial charge in [0.2, 0.25) is 0 Å². The molecule has 2 heterocycles. The van der Waals surface area contributed by atoms with Gasteiger partial charge in [-0.1, -0.05) is 37.3 Å². The molecule has 1 aromatic carbocycles. The quantitative estimate of drug-likeness (QED) is 0.845. The highest BCUT2D eigenvalue weighted by Gasteiger charge is 2.27. The number of nitrogens with one attached hydrogen (secondary N) is 2. The number of amides is 1. The van der Waals surface area contributed by atoms with Gasteiger partial charge in [0.15, 0.2) is 5.76 Å². The van der Waals surface area contributed by atoms with Crippen molar-refractivity contribution in [2.45, 2.75) is 13.3 Å². The third-order valence-electron chi connectivity index (χ3n) is 2.97. The first-order valence-corrected chi connectivity index (χ1v) is 6.10. The summed E-state index contributed by atoms with van der Waals surface area (Å²) >= 11 is 0. The van der Waals surface area contributed by atoms with Crippen LogP contribution in [0.2, 0.25) is 0 Å². The zero-order valence-electron chi connectivity index (χ0n) is 10.4. The lowest BCUT2D eigenvalue weighted by molar-refractivity contribution is -0.113. The van der Waals surface area contributed by atoms with E-state index in [9.17, 15) is 4.79 Å². The number of rotatable bonds is 2. The van der Waals surface area contributed by atoms with Crippen molar-refractivity contribution in [3.05, 3.63) is 53.0 Å². The maximum absolute atomic E-state index is 11.7. The van der Waals surface area contributed by atoms with Crippen molar-refractivity contribution in [2.24, 2.45) is 4.99 Å². The van der Waals surface area contributed by atoms with Crippen LogP contribution < -0.4 is 10.8 Å². The van der Waals surface area contributed by atoms with Crippen molar-refractivity contribution in [1.82, 2.24) is 10.8 Å². The fraction of sp³-hybridized carbons (Fsp3) is 0.143. The lowest BCUT2D eigenvalue weighted by Crippen LogP contribution is -2.24. The Balaban J connectivity index is 2.17. The molecule has 0 atom stereocenters.